The zero-order valence-electron chi connectivity index (χ0n) is 9.10. The second-order valence-electron chi connectivity index (χ2n) is 3.62. The van der Waals surface area contributed by atoms with E-state index in [2.05, 4.69) is 15.0 Å². The van der Waals surface area contributed by atoms with Gasteiger partial charge >= 0.3 is 0 Å². The first-order valence-corrected chi connectivity index (χ1v) is 6.34. The molecule has 2 aromatic heterocycles. The third-order valence-corrected chi connectivity index (χ3v) is 3.19. The fraction of sp³-hybridized carbons (Fsp3) is 0.0833. The minimum Gasteiger partial charge on any atom is -0.321 e. The quantitative estimate of drug-likeness (QED) is 0.404. The van der Waals surface area contributed by atoms with Crippen LogP contribution < -0.4 is 5.56 Å². The molecule has 0 fully saturated rings. The molecule has 0 saturated carbocycles. The van der Waals surface area contributed by atoms with Crippen molar-refractivity contribution >= 4 is 33.6 Å². The number of benzene rings is 1. The van der Waals surface area contributed by atoms with Crippen LogP contribution in [0.4, 0.5) is 0 Å². The van der Waals surface area contributed by atoms with Gasteiger partial charge in [-0.1, -0.05) is 30.0 Å². The summed E-state index contributed by atoms with van der Waals surface area (Å²) in [4.78, 5) is 23.2. The molecule has 0 unspecified atom stereocenters. The highest BCUT2D eigenvalue weighted by molar-refractivity contribution is 7.98. The number of aromatic amines is 1. The molecule has 0 radical (unpaired) electrons. The SMILES string of the molecule is CSc1ncc2c(=O)[nH]c3ccccc3c2n1. The fourth-order valence-electron chi connectivity index (χ4n) is 1.82. The van der Waals surface area contributed by atoms with E-state index < -0.39 is 0 Å². The summed E-state index contributed by atoms with van der Waals surface area (Å²) in [5.74, 6) is 0. The molecule has 2 heterocycles. The molecule has 0 atom stereocenters. The zero-order valence-corrected chi connectivity index (χ0v) is 9.91. The number of fused-ring (bicyclic) bond motifs is 3. The lowest BCUT2D eigenvalue weighted by molar-refractivity contribution is 1.01. The molecule has 3 rings (SSSR count). The van der Waals surface area contributed by atoms with Crippen LogP contribution in [0.15, 0.2) is 40.4 Å². The first-order chi connectivity index (χ1) is 8.29. The van der Waals surface area contributed by atoms with Gasteiger partial charge in [-0.3, -0.25) is 4.79 Å². The van der Waals surface area contributed by atoms with E-state index in [1.54, 1.807) is 6.20 Å². The molecule has 0 saturated heterocycles. The van der Waals surface area contributed by atoms with E-state index in [9.17, 15) is 4.79 Å². The monoisotopic (exact) mass is 243 g/mol. The molecule has 0 amide bonds. The standard InChI is InChI=1S/C12H9N3OS/c1-17-12-13-6-8-10(15-12)7-4-2-3-5-9(7)14-11(8)16/h2-6H,1H3,(H,14,16). The summed E-state index contributed by atoms with van der Waals surface area (Å²) in [6.07, 6.45) is 3.50. The van der Waals surface area contributed by atoms with Crippen LogP contribution in [0.2, 0.25) is 0 Å². The van der Waals surface area contributed by atoms with Crippen LogP contribution in [-0.2, 0) is 0 Å². The molecule has 0 aliphatic carbocycles. The summed E-state index contributed by atoms with van der Waals surface area (Å²) in [6.45, 7) is 0. The molecule has 4 nitrogen and oxygen atoms in total. The molecule has 3 aromatic rings. The van der Waals surface area contributed by atoms with Gasteiger partial charge in [0.2, 0.25) is 0 Å². The Hall–Kier alpha value is -1.88. The molecule has 1 N–H and O–H groups in total. The normalized spacial score (nSPS) is 11.1. The highest BCUT2D eigenvalue weighted by Gasteiger charge is 2.07. The highest BCUT2D eigenvalue weighted by Crippen LogP contribution is 2.20. The molecule has 5 heteroatoms. The Labute approximate surface area is 101 Å². The van der Waals surface area contributed by atoms with Crippen LogP contribution in [0.25, 0.3) is 21.8 Å². The van der Waals surface area contributed by atoms with Gasteiger partial charge in [0, 0.05) is 11.6 Å². The van der Waals surface area contributed by atoms with E-state index in [0.29, 0.717) is 16.1 Å². The predicted molar refractivity (Wildman–Crippen MR) is 69.4 cm³/mol. The maximum Gasteiger partial charge on any atom is 0.259 e. The van der Waals surface area contributed by atoms with Crippen molar-refractivity contribution in [3.63, 3.8) is 0 Å². The molecule has 0 aliphatic heterocycles. The Balaban J connectivity index is 2.57. The van der Waals surface area contributed by atoms with E-state index in [-0.39, 0.29) is 5.56 Å². The Morgan fingerprint density at radius 3 is 2.88 bits per heavy atom. The maximum atomic E-state index is 11.8. The third-order valence-electron chi connectivity index (χ3n) is 2.62. The highest BCUT2D eigenvalue weighted by atomic mass is 32.2. The van der Waals surface area contributed by atoms with Crippen LogP contribution in [0.1, 0.15) is 0 Å². The number of nitrogens with zero attached hydrogens (tertiary/aromatic N) is 2. The second kappa shape index (κ2) is 3.85. The van der Waals surface area contributed by atoms with Crippen molar-refractivity contribution in [3.8, 4) is 0 Å². The number of aromatic nitrogens is 3. The van der Waals surface area contributed by atoms with E-state index in [4.69, 9.17) is 0 Å². The van der Waals surface area contributed by atoms with Crippen molar-refractivity contribution in [3.05, 3.63) is 40.8 Å². The van der Waals surface area contributed by atoms with Gasteiger partial charge in [-0.2, -0.15) is 0 Å². The average Bonchev–Trinajstić information content (AvgIpc) is 2.38. The first-order valence-electron chi connectivity index (χ1n) is 5.11. The van der Waals surface area contributed by atoms with Gasteiger partial charge in [0.05, 0.1) is 16.4 Å². The maximum absolute atomic E-state index is 11.8. The van der Waals surface area contributed by atoms with Crippen LogP contribution in [-0.4, -0.2) is 21.2 Å². The van der Waals surface area contributed by atoms with Crippen molar-refractivity contribution < 1.29 is 0 Å². The number of H-pyrrole nitrogens is 1. The van der Waals surface area contributed by atoms with Gasteiger partial charge in [0.25, 0.3) is 5.56 Å². The second-order valence-corrected chi connectivity index (χ2v) is 4.39. The number of nitrogens with one attached hydrogen (secondary N) is 1. The lowest BCUT2D eigenvalue weighted by Crippen LogP contribution is -2.08. The zero-order chi connectivity index (χ0) is 11.8. The molecule has 17 heavy (non-hydrogen) atoms. The number of pyridine rings is 1. The topological polar surface area (TPSA) is 58.6 Å². The van der Waals surface area contributed by atoms with Crippen molar-refractivity contribution in [1.29, 1.82) is 0 Å². The molecule has 1 aromatic carbocycles. The summed E-state index contributed by atoms with van der Waals surface area (Å²) >= 11 is 1.46. The minimum absolute atomic E-state index is 0.147. The van der Waals surface area contributed by atoms with E-state index in [1.807, 2.05) is 30.5 Å². The molecule has 0 spiro atoms. The van der Waals surface area contributed by atoms with E-state index in [0.717, 1.165) is 10.9 Å². The van der Waals surface area contributed by atoms with Gasteiger partial charge in [-0.15, -0.1) is 0 Å². The summed E-state index contributed by atoms with van der Waals surface area (Å²) in [6, 6.07) is 7.64. The number of para-hydroxylation sites is 1. The lowest BCUT2D eigenvalue weighted by Gasteiger charge is -2.03. The minimum atomic E-state index is -0.147. The van der Waals surface area contributed by atoms with Gasteiger partial charge in [-0.25, -0.2) is 9.97 Å². The van der Waals surface area contributed by atoms with Crippen LogP contribution in [0.5, 0.6) is 0 Å². The molecular weight excluding hydrogens is 234 g/mol. The van der Waals surface area contributed by atoms with Gasteiger partial charge in [0.1, 0.15) is 0 Å². The van der Waals surface area contributed by atoms with Gasteiger partial charge < -0.3 is 4.98 Å². The largest absolute Gasteiger partial charge is 0.321 e. The molecule has 0 aliphatic rings. The summed E-state index contributed by atoms with van der Waals surface area (Å²) in [5.41, 5.74) is 1.37. The van der Waals surface area contributed by atoms with E-state index >= 15 is 0 Å². The number of hydrogen-bond acceptors (Lipinski definition) is 4. The fourth-order valence-corrected chi connectivity index (χ4v) is 2.16. The molecule has 0 bridgehead atoms. The first kappa shape index (κ1) is 10.3. The van der Waals surface area contributed by atoms with Crippen LogP contribution >= 0.6 is 11.8 Å². The van der Waals surface area contributed by atoms with Gasteiger partial charge in [-0.05, 0) is 12.3 Å². The average molecular weight is 243 g/mol. The van der Waals surface area contributed by atoms with Crippen molar-refractivity contribution in [2.24, 2.45) is 0 Å². The number of hydrogen-bond donors (Lipinski definition) is 1. The Morgan fingerprint density at radius 1 is 1.24 bits per heavy atom. The van der Waals surface area contributed by atoms with Crippen molar-refractivity contribution in [1.82, 2.24) is 15.0 Å². The predicted octanol–water partition coefficient (Wildman–Crippen LogP) is 2.19. The van der Waals surface area contributed by atoms with Gasteiger partial charge in [0.15, 0.2) is 5.16 Å². The summed E-state index contributed by atoms with van der Waals surface area (Å²) < 4.78 is 0. The number of thioether (sulfide) groups is 1. The summed E-state index contributed by atoms with van der Waals surface area (Å²) in [5, 5.41) is 2.15. The van der Waals surface area contributed by atoms with Crippen molar-refractivity contribution in [2.45, 2.75) is 5.16 Å². The third kappa shape index (κ3) is 1.59. The Bertz CT molecular complexity index is 766. The lowest BCUT2D eigenvalue weighted by atomic mass is 10.1. The Kier molecular flexibility index (Phi) is 2.33. The summed E-state index contributed by atoms with van der Waals surface area (Å²) in [7, 11) is 0. The number of rotatable bonds is 1. The molecule has 84 valence electrons. The van der Waals surface area contributed by atoms with E-state index in [1.165, 1.54) is 11.8 Å². The smallest absolute Gasteiger partial charge is 0.259 e. The molecular formula is C12H9N3OS. The van der Waals surface area contributed by atoms with Crippen LogP contribution in [0, 0.1) is 0 Å². The van der Waals surface area contributed by atoms with Crippen molar-refractivity contribution in [2.75, 3.05) is 6.26 Å². The Morgan fingerprint density at radius 2 is 2.06 bits per heavy atom. The van der Waals surface area contributed by atoms with Crippen LogP contribution in [0.3, 0.4) is 0 Å².